The minimum Gasteiger partial charge on any atom is -0.469 e. The largest absolute Gasteiger partial charge is 0.469 e. The number of amides is 3. The van der Waals surface area contributed by atoms with Gasteiger partial charge in [-0.05, 0) is 13.8 Å². The van der Waals surface area contributed by atoms with Crippen LogP contribution < -0.4 is 10.6 Å². The number of carbonyl (C=O) groups excluding carboxylic acids is 3. The molecule has 0 aromatic carbocycles. The van der Waals surface area contributed by atoms with Gasteiger partial charge in [0.1, 0.15) is 0 Å². The van der Waals surface area contributed by atoms with Crippen LogP contribution in [0.3, 0.4) is 0 Å². The summed E-state index contributed by atoms with van der Waals surface area (Å²) in [6.07, 6.45) is 0.166. The van der Waals surface area contributed by atoms with Gasteiger partial charge in [0.2, 0.25) is 5.91 Å². The summed E-state index contributed by atoms with van der Waals surface area (Å²) in [4.78, 5) is 36.3. The molecule has 0 aromatic rings. The highest BCUT2D eigenvalue weighted by molar-refractivity contribution is 5.96. The summed E-state index contributed by atoms with van der Waals surface area (Å²) in [6, 6.07) is -1.10. The van der Waals surface area contributed by atoms with Crippen molar-refractivity contribution in [1.82, 2.24) is 15.5 Å². The van der Waals surface area contributed by atoms with Crippen molar-refractivity contribution in [2.24, 2.45) is 0 Å². The molecular weight excluding hydrogens is 278 g/mol. The fourth-order valence-corrected chi connectivity index (χ4v) is 1.63. The van der Waals surface area contributed by atoms with Gasteiger partial charge in [0.15, 0.2) is 0 Å². The van der Waals surface area contributed by atoms with Crippen molar-refractivity contribution in [3.63, 3.8) is 0 Å². The second-order valence-electron chi connectivity index (χ2n) is 4.38. The lowest BCUT2D eigenvalue weighted by molar-refractivity contribution is -0.141. The molecule has 0 saturated heterocycles. The lowest BCUT2D eigenvalue weighted by Crippen LogP contribution is -2.50. The van der Waals surface area contributed by atoms with Crippen molar-refractivity contribution in [1.29, 1.82) is 0 Å². The lowest BCUT2D eigenvalue weighted by atomic mass is 10.2. The molecule has 0 radical (unpaired) electrons. The number of hydrogen-bond acceptors (Lipinski definition) is 6. The zero-order chi connectivity index (χ0) is 16.3. The van der Waals surface area contributed by atoms with E-state index in [0.717, 1.165) is 0 Å². The van der Waals surface area contributed by atoms with Crippen LogP contribution in [-0.4, -0.2) is 69.3 Å². The Balaban J connectivity index is 4.53. The predicted molar refractivity (Wildman–Crippen MR) is 76.8 cm³/mol. The van der Waals surface area contributed by atoms with Crippen LogP contribution in [0.15, 0.2) is 0 Å². The molecule has 122 valence electrons. The van der Waals surface area contributed by atoms with Gasteiger partial charge in [-0.15, -0.1) is 0 Å². The molecule has 8 nitrogen and oxygen atoms in total. The van der Waals surface area contributed by atoms with E-state index in [9.17, 15) is 14.4 Å². The first-order valence-corrected chi connectivity index (χ1v) is 6.84. The summed E-state index contributed by atoms with van der Waals surface area (Å²) in [5, 5.41) is 4.74. The lowest BCUT2D eigenvalue weighted by Gasteiger charge is -2.27. The van der Waals surface area contributed by atoms with Crippen molar-refractivity contribution in [2.45, 2.75) is 26.3 Å². The molecule has 0 aliphatic rings. The summed E-state index contributed by atoms with van der Waals surface area (Å²) in [6.45, 7) is 5.09. The Morgan fingerprint density at radius 3 is 2.38 bits per heavy atom. The highest BCUT2D eigenvalue weighted by atomic mass is 16.5. The van der Waals surface area contributed by atoms with Gasteiger partial charge in [0.05, 0.1) is 26.2 Å². The first kappa shape index (κ1) is 19.3. The molecule has 0 aromatic heterocycles. The van der Waals surface area contributed by atoms with Crippen LogP contribution in [0.4, 0.5) is 4.79 Å². The van der Waals surface area contributed by atoms with Gasteiger partial charge in [0.25, 0.3) is 0 Å². The van der Waals surface area contributed by atoms with Crippen LogP contribution in [0.1, 0.15) is 20.3 Å². The van der Waals surface area contributed by atoms with Crippen molar-refractivity contribution in [3.8, 4) is 0 Å². The first-order chi connectivity index (χ1) is 9.96. The minimum absolute atomic E-state index is 0.166. The van der Waals surface area contributed by atoms with E-state index >= 15 is 0 Å². The predicted octanol–water partition coefficient (Wildman–Crippen LogP) is -0.268. The van der Waals surface area contributed by atoms with Crippen LogP contribution >= 0.6 is 0 Å². The van der Waals surface area contributed by atoms with E-state index in [1.165, 1.54) is 7.11 Å². The van der Waals surface area contributed by atoms with Crippen LogP contribution in [0.5, 0.6) is 0 Å². The monoisotopic (exact) mass is 303 g/mol. The molecule has 0 aliphatic heterocycles. The number of nitrogens with zero attached hydrogens (tertiary/aromatic N) is 1. The molecule has 0 fully saturated rings. The number of urea groups is 1. The summed E-state index contributed by atoms with van der Waals surface area (Å²) < 4.78 is 9.57. The molecule has 0 bridgehead atoms. The van der Waals surface area contributed by atoms with Crippen molar-refractivity contribution in [3.05, 3.63) is 0 Å². The summed E-state index contributed by atoms with van der Waals surface area (Å²) in [7, 11) is 2.87. The molecule has 0 rings (SSSR count). The fourth-order valence-electron chi connectivity index (χ4n) is 1.63. The Hall–Kier alpha value is -1.67. The van der Waals surface area contributed by atoms with Gasteiger partial charge < -0.3 is 14.8 Å². The molecule has 21 heavy (non-hydrogen) atoms. The number of esters is 1. The number of carbonyl (C=O) groups is 3. The van der Waals surface area contributed by atoms with Crippen molar-refractivity contribution < 1.29 is 23.9 Å². The number of nitrogens with one attached hydrogen (secondary N) is 2. The van der Waals surface area contributed by atoms with Crippen LogP contribution in [0.2, 0.25) is 0 Å². The van der Waals surface area contributed by atoms with E-state index in [0.29, 0.717) is 26.2 Å². The van der Waals surface area contributed by atoms with E-state index in [4.69, 9.17) is 4.74 Å². The summed E-state index contributed by atoms with van der Waals surface area (Å²) >= 11 is 0. The van der Waals surface area contributed by atoms with Crippen molar-refractivity contribution >= 4 is 17.9 Å². The highest BCUT2D eigenvalue weighted by Crippen LogP contribution is 2.02. The van der Waals surface area contributed by atoms with Crippen LogP contribution in [0.25, 0.3) is 0 Å². The van der Waals surface area contributed by atoms with Gasteiger partial charge in [0, 0.05) is 26.7 Å². The third-order valence-electron chi connectivity index (χ3n) is 2.91. The molecule has 8 heteroatoms. The normalized spacial score (nSPS) is 11.9. The standard InChI is InChI=1S/C13H25N3O5/c1-5-14-13(19)15-12(18)10(2)16(8-9-20-3)7-6-11(17)21-4/h10H,5-9H2,1-4H3,(H2,14,15,18,19). The molecular formula is C13H25N3O5. The Bertz CT molecular complexity index is 349. The number of hydrogen-bond donors (Lipinski definition) is 2. The van der Waals surface area contributed by atoms with Crippen LogP contribution in [-0.2, 0) is 19.1 Å². The summed E-state index contributed by atoms with van der Waals surface area (Å²) in [5.41, 5.74) is 0. The molecule has 1 unspecified atom stereocenters. The maximum atomic E-state index is 12.0. The highest BCUT2D eigenvalue weighted by Gasteiger charge is 2.23. The van der Waals surface area contributed by atoms with Gasteiger partial charge in [-0.3, -0.25) is 19.8 Å². The summed E-state index contributed by atoms with van der Waals surface area (Å²) in [5.74, 6) is -0.782. The number of methoxy groups -OCH3 is 2. The Kier molecular flexibility index (Phi) is 10.2. The minimum atomic E-state index is -0.563. The fraction of sp³-hybridized carbons (Fsp3) is 0.769. The second-order valence-corrected chi connectivity index (χ2v) is 4.38. The zero-order valence-corrected chi connectivity index (χ0v) is 13.1. The SMILES string of the molecule is CCNC(=O)NC(=O)C(C)N(CCOC)CCC(=O)OC. The third kappa shape index (κ3) is 8.26. The van der Waals surface area contributed by atoms with Gasteiger partial charge in [-0.2, -0.15) is 0 Å². The molecule has 0 heterocycles. The average molecular weight is 303 g/mol. The van der Waals surface area contributed by atoms with Gasteiger partial charge in [-0.1, -0.05) is 0 Å². The molecule has 0 aliphatic carbocycles. The molecule has 0 saturated carbocycles. The van der Waals surface area contributed by atoms with Gasteiger partial charge in [-0.25, -0.2) is 4.79 Å². The maximum Gasteiger partial charge on any atom is 0.321 e. The number of imide groups is 1. The topological polar surface area (TPSA) is 97.0 Å². The van der Waals surface area contributed by atoms with Gasteiger partial charge >= 0.3 is 12.0 Å². The quantitative estimate of drug-likeness (QED) is 0.569. The average Bonchev–Trinajstić information content (AvgIpc) is 2.46. The number of ether oxygens (including phenoxy) is 2. The smallest absolute Gasteiger partial charge is 0.321 e. The van der Waals surface area contributed by atoms with E-state index < -0.39 is 18.0 Å². The first-order valence-electron chi connectivity index (χ1n) is 6.84. The van der Waals surface area contributed by atoms with E-state index in [1.807, 2.05) is 0 Å². The maximum absolute atomic E-state index is 12.0. The Labute approximate surface area is 125 Å². The Morgan fingerprint density at radius 1 is 1.19 bits per heavy atom. The molecule has 2 N–H and O–H groups in total. The second kappa shape index (κ2) is 11.0. The zero-order valence-electron chi connectivity index (χ0n) is 13.1. The van der Waals surface area contributed by atoms with E-state index in [1.54, 1.807) is 25.9 Å². The molecule has 1 atom stereocenters. The number of rotatable bonds is 9. The molecule has 0 spiro atoms. The van der Waals surface area contributed by atoms with Crippen LogP contribution in [0, 0.1) is 0 Å². The van der Waals surface area contributed by atoms with E-state index in [2.05, 4.69) is 15.4 Å². The molecule has 3 amide bonds. The Morgan fingerprint density at radius 2 is 1.86 bits per heavy atom. The third-order valence-corrected chi connectivity index (χ3v) is 2.91. The van der Waals surface area contributed by atoms with E-state index in [-0.39, 0.29) is 12.4 Å². The van der Waals surface area contributed by atoms with Crippen molar-refractivity contribution in [2.75, 3.05) is 40.5 Å².